The van der Waals surface area contributed by atoms with Gasteiger partial charge in [0.15, 0.2) is 5.82 Å². The van der Waals surface area contributed by atoms with Crippen LogP contribution in [0.5, 0.6) is 0 Å². The molecule has 0 aliphatic rings. The minimum Gasteiger partial charge on any atom is -0.385 e. The first-order valence-electron chi connectivity index (χ1n) is 6.44. The summed E-state index contributed by atoms with van der Waals surface area (Å²) in [7, 11) is -3.73. The summed E-state index contributed by atoms with van der Waals surface area (Å²) in [5.74, 6) is 0.0581. The van der Waals surface area contributed by atoms with Gasteiger partial charge in [0.25, 0.3) is 15.6 Å². The highest BCUT2D eigenvalue weighted by Gasteiger charge is 2.14. The van der Waals surface area contributed by atoms with Gasteiger partial charge in [-0.25, -0.2) is 13.5 Å². The van der Waals surface area contributed by atoms with E-state index in [4.69, 9.17) is 0 Å². The second-order valence-corrected chi connectivity index (χ2v) is 6.05. The highest BCUT2D eigenvalue weighted by atomic mass is 32.2. The maximum Gasteiger partial charge on any atom is 0.264 e. The topological polar surface area (TPSA) is 104 Å². The van der Waals surface area contributed by atoms with Crippen LogP contribution in [0.15, 0.2) is 46.1 Å². The fourth-order valence-corrected chi connectivity index (χ4v) is 2.62. The molecule has 7 nitrogen and oxygen atoms in total. The average molecular weight is 308 g/mol. The number of sulfonamides is 1. The summed E-state index contributed by atoms with van der Waals surface area (Å²) in [6.45, 7) is 2.87. The monoisotopic (exact) mass is 308 g/mol. The minimum atomic E-state index is -3.73. The molecule has 112 valence electrons. The van der Waals surface area contributed by atoms with E-state index < -0.39 is 15.6 Å². The Morgan fingerprint density at radius 3 is 2.43 bits per heavy atom. The SMILES string of the molecule is CCCNc1ccc(S(=O)(=O)Nc2ccc(=O)[nH]n2)cc1. The lowest BCUT2D eigenvalue weighted by atomic mass is 10.3. The highest BCUT2D eigenvalue weighted by Crippen LogP contribution is 2.16. The maximum atomic E-state index is 12.1. The van der Waals surface area contributed by atoms with Crippen LogP contribution in [0, 0.1) is 0 Å². The molecule has 0 saturated carbocycles. The Hall–Kier alpha value is -2.35. The predicted octanol–water partition coefficient (Wildman–Crippen LogP) is 1.39. The van der Waals surface area contributed by atoms with Gasteiger partial charge in [0.1, 0.15) is 0 Å². The lowest BCUT2D eigenvalue weighted by molar-refractivity contribution is 0.601. The van der Waals surface area contributed by atoms with E-state index in [2.05, 4.69) is 20.2 Å². The Morgan fingerprint density at radius 1 is 1.14 bits per heavy atom. The van der Waals surface area contributed by atoms with Gasteiger partial charge in [0.2, 0.25) is 0 Å². The van der Waals surface area contributed by atoms with Crippen LogP contribution in [0.3, 0.4) is 0 Å². The highest BCUT2D eigenvalue weighted by molar-refractivity contribution is 7.92. The molecule has 0 saturated heterocycles. The van der Waals surface area contributed by atoms with E-state index in [-0.39, 0.29) is 10.7 Å². The third-order valence-electron chi connectivity index (χ3n) is 2.66. The van der Waals surface area contributed by atoms with E-state index in [0.29, 0.717) is 0 Å². The van der Waals surface area contributed by atoms with E-state index in [0.717, 1.165) is 18.7 Å². The molecule has 1 aromatic heterocycles. The third-order valence-corrected chi connectivity index (χ3v) is 4.03. The molecular formula is C13H16N4O3S. The van der Waals surface area contributed by atoms with Gasteiger partial charge in [0, 0.05) is 18.3 Å². The number of aromatic amines is 1. The van der Waals surface area contributed by atoms with Gasteiger partial charge >= 0.3 is 0 Å². The van der Waals surface area contributed by atoms with E-state index in [9.17, 15) is 13.2 Å². The number of anilines is 2. The first kappa shape index (κ1) is 15.0. The summed E-state index contributed by atoms with van der Waals surface area (Å²) >= 11 is 0. The van der Waals surface area contributed by atoms with Crippen molar-refractivity contribution in [3.63, 3.8) is 0 Å². The zero-order chi connectivity index (χ0) is 15.3. The molecular weight excluding hydrogens is 292 g/mol. The van der Waals surface area contributed by atoms with Crippen molar-refractivity contribution in [1.29, 1.82) is 0 Å². The van der Waals surface area contributed by atoms with Crippen molar-refractivity contribution in [1.82, 2.24) is 10.2 Å². The van der Waals surface area contributed by atoms with Crippen molar-refractivity contribution < 1.29 is 8.42 Å². The molecule has 0 amide bonds. The Balaban J connectivity index is 2.15. The van der Waals surface area contributed by atoms with Crippen molar-refractivity contribution in [2.24, 2.45) is 0 Å². The largest absolute Gasteiger partial charge is 0.385 e. The van der Waals surface area contributed by atoms with Crippen molar-refractivity contribution in [3.05, 3.63) is 46.8 Å². The Kier molecular flexibility index (Phi) is 4.59. The normalized spacial score (nSPS) is 11.1. The molecule has 0 atom stereocenters. The van der Waals surface area contributed by atoms with Crippen molar-refractivity contribution in [2.45, 2.75) is 18.2 Å². The van der Waals surface area contributed by atoms with Crippen LogP contribution in [0.1, 0.15) is 13.3 Å². The Labute approximate surface area is 122 Å². The molecule has 1 aromatic carbocycles. The van der Waals surface area contributed by atoms with Crippen molar-refractivity contribution in [2.75, 3.05) is 16.6 Å². The lowest BCUT2D eigenvalue weighted by Gasteiger charge is -2.08. The number of hydrogen-bond acceptors (Lipinski definition) is 5. The van der Waals surface area contributed by atoms with Gasteiger partial charge in [-0.1, -0.05) is 6.92 Å². The maximum absolute atomic E-state index is 12.1. The van der Waals surface area contributed by atoms with E-state index in [1.54, 1.807) is 12.1 Å². The predicted molar refractivity (Wildman–Crippen MR) is 80.9 cm³/mol. The molecule has 0 radical (unpaired) electrons. The van der Waals surface area contributed by atoms with Crippen LogP contribution in [0.4, 0.5) is 11.5 Å². The number of rotatable bonds is 6. The van der Waals surface area contributed by atoms with Crippen LogP contribution in [-0.4, -0.2) is 25.2 Å². The molecule has 0 aliphatic carbocycles. The standard InChI is InChI=1S/C13H16N4O3S/c1-2-9-14-10-3-5-11(6-4-10)21(19,20)17-12-7-8-13(18)16-15-12/h3-8,14H,2,9H2,1H3,(H,15,17)(H,16,18). The summed E-state index contributed by atoms with van der Waals surface area (Å²) < 4.78 is 26.6. The third kappa shape index (κ3) is 4.06. The fourth-order valence-electron chi connectivity index (χ4n) is 1.62. The number of H-pyrrole nitrogens is 1. The first-order valence-corrected chi connectivity index (χ1v) is 7.92. The van der Waals surface area contributed by atoms with Crippen LogP contribution in [0.2, 0.25) is 0 Å². The van der Waals surface area contributed by atoms with Gasteiger partial charge in [0.05, 0.1) is 4.90 Å². The minimum absolute atomic E-state index is 0.0581. The summed E-state index contributed by atoms with van der Waals surface area (Å²) in [5.41, 5.74) is 0.460. The molecule has 21 heavy (non-hydrogen) atoms. The molecule has 2 rings (SSSR count). The molecule has 0 spiro atoms. The number of hydrogen-bond donors (Lipinski definition) is 3. The van der Waals surface area contributed by atoms with Gasteiger partial charge in [-0.2, -0.15) is 5.10 Å². The molecule has 8 heteroatoms. The van der Waals surface area contributed by atoms with Gasteiger partial charge in [-0.15, -0.1) is 0 Å². The van der Waals surface area contributed by atoms with Crippen LogP contribution in [-0.2, 0) is 10.0 Å². The van der Waals surface area contributed by atoms with Crippen molar-refractivity contribution >= 4 is 21.5 Å². The number of benzene rings is 1. The molecule has 0 aliphatic heterocycles. The average Bonchev–Trinajstić information content (AvgIpc) is 2.48. The lowest BCUT2D eigenvalue weighted by Crippen LogP contribution is -2.16. The number of aromatic nitrogens is 2. The van der Waals surface area contributed by atoms with E-state index in [1.165, 1.54) is 24.3 Å². The zero-order valence-electron chi connectivity index (χ0n) is 11.5. The van der Waals surface area contributed by atoms with Gasteiger partial charge < -0.3 is 5.32 Å². The fraction of sp³-hybridized carbons (Fsp3) is 0.231. The number of nitrogens with one attached hydrogen (secondary N) is 3. The summed E-state index contributed by atoms with van der Waals surface area (Å²) in [5, 5.41) is 8.93. The smallest absolute Gasteiger partial charge is 0.264 e. The molecule has 2 aromatic rings. The van der Waals surface area contributed by atoms with Crippen LogP contribution in [0.25, 0.3) is 0 Å². The Morgan fingerprint density at radius 2 is 1.86 bits per heavy atom. The van der Waals surface area contributed by atoms with E-state index >= 15 is 0 Å². The van der Waals surface area contributed by atoms with E-state index in [1.807, 2.05) is 6.92 Å². The molecule has 1 heterocycles. The molecule has 0 bridgehead atoms. The summed E-state index contributed by atoms with van der Waals surface area (Å²) in [4.78, 5) is 11.0. The van der Waals surface area contributed by atoms with Crippen LogP contribution < -0.4 is 15.6 Å². The van der Waals surface area contributed by atoms with Crippen LogP contribution >= 0.6 is 0 Å². The quantitative estimate of drug-likeness (QED) is 0.748. The molecule has 0 unspecified atom stereocenters. The summed E-state index contributed by atoms with van der Waals surface area (Å²) in [6, 6.07) is 8.91. The summed E-state index contributed by atoms with van der Waals surface area (Å²) in [6.07, 6.45) is 0.986. The first-order chi connectivity index (χ1) is 10.0. The Bertz CT molecular complexity index is 733. The van der Waals surface area contributed by atoms with Crippen molar-refractivity contribution in [3.8, 4) is 0 Å². The van der Waals surface area contributed by atoms with Gasteiger partial charge in [-0.05, 0) is 36.8 Å². The zero-order valence-corrected chi connectivity index (χ0v) is 12.3. The molecule has 0 fully saturated rings. The second-order valence-electron chi connectivity index (χ2n) is 4.36. The molecule has 3 N–H and O–H groups in total. The number of nitrogens with zero attached hydrogens (tertiary/aromatic N) is 1. The second kappa shape index (κ2) is 6.40. The van der Waals surface area contributed by atoms with Gasteiger partial charge in [-0.3, -0.25) is 9.52 Å².